The smallest absolute Gasteiger partial charge is 0.203 e. The molecule has 2 aliphatic heterocycles. The summed E-state index contributed by atoms with van der Waals surface area (Å²) in [6, 6.07) is 21.3. The molecule has 3 aromatic carbocycles. The lowest BCUT2D eigenvalue weighted by Gasteiger charge is -2.29. The maximum Gasteiger partial charge on any atom is 0.203 e. The number of benzene rings is 3. The largest absolute Gasteiger partial charge is 0.493 e. The van der Waals surface area contributed by atoms with Crippen LogP contribution < -0.4 is 14.2 Å². The highest BCUT2D eigenvalue weighted by Crippen LogP contribution is 2.42. The Kier molecular flexibility index (Phi) is 5.55. The topological polar surface area (TPSA) is 43.3 Å². The first-order valence-electron chi connectivity index (χ1n) is 11.2. The van der Waals surface area contributed by atoms with Crippen LogP contribution in [0.1, 0.15) is 40.7 Å². The number of hydrogen-bond donors (Lipinski definition) is 0. The second-order valence-corrected chi connectivity index (χ2v) is 8.28. The summed E-state index contributed by atoms with van der Waals surface area (Å²) < 4.78 is 16.6. The Bertz CT molecular complexity index is 1240. The molecule has 1 atom stereocenters. The minimum Gasteiger partial charge on any atom is -0.493 e. The fraction of sp³-hybridized carbons (Fsp3) is 0.250. The van der Waals surface area contributed by atoms with Crippen LogP contribution in [0.4, 0.5) is 0 Å². The van der Waals surface area contributed by atoms with Crippen molar-refractivity contribution in [3.63, 3.8) is 0 Å². The van der Waals surface area contributed by atoms with Gasteiger partial charge in [0.15, 0.2) is 11.5 Å². The van der Waals surface area contributed by atoms with Crippen molar-refractivity contribution in [3.8, 4) is 17.2 Å². The molecule has 33 heavy (non-hydrogen) atoms. The lowest BCUT2D eigenvalue weighted by Crippen LogP contribution is -2.30. The van der Waals surface area contributed by atoms with Crippen LogP contribution in [-0.2, 0) is 0 Å². The number of amidine groups is 1. The molecule has 0 amide bonds. The van der Waals surface area contributed by atoms with Crippen molar-refractivity contribution in [2.75, 3.05) is 34.4 Å². The van der Waals surface area contributed by atoms with Crippen LogP contribution in [0.2, 0.25) is 0 Å². The van der Waals surface area contributed by atoms with Crippen LogP contribution in [0.25, 0.3) is 11.8 Å². The molecular weight excluding hydrogens is 412 g/mol. The molecule has 0 aromatic heterocycles. The standard InChI is InChI=1S/C28H28N2O3/c1-18(22-16-25(31-2)27(33-4)26(17-22)32-3)19-9-7-10-21(14-19)24-15-20-8-5-6-11-23(20)28-29-12-13-30(24)28/h5-11,14-18H,12-13H2,1-4H3. The van der Waals surface area contributed by atoms with E-state index in [1.54, 1.807) is 21.3 Å². The van der Waals surface area contributed by atoms with E-state index in [1.807, 2.05) is 12.1 Å². The maximum atomic E-state index is 5.57. The Morgan fingerprint density at radius 3 is 2.33 bits per heavy atom. The molecule has 0 aliphatic carbocycles. The fourth-order valence-electron chi connectivity index (χ4n) is 4.71. The highest BCUT2D eigenvalue weighted by Gasteiger charge is 2.28. The van der Waals surface area contributed by atoms with Crippen molar-refractivity contribution < 1.29 is 14.2 Å². The average molecular weight is 441 g/mol. The van der Waals surface area contributed by atoms with Crippen LogP contribution in [0, 0.1) is 0 Å². The highest BCUT2D eigenvalue weighted by atomic mass is 16.5. The van der Waals surface area contributed by atoms with Gasteiger partial charge >= 0.3 is 0 Å². The summed E-state index contributed by atoms with van der Waals surface area (Å²) in [5.41, 5.74) is 7.14. The predicted molar refractivity (Wildman–Crippen MR) is 132 cm³/mol. The van der Waals surface area contributed by atoms with Gasteiger partial charge in [0.1, 0.15) is 5.84 Å². The molecule has 2 heterocycles. The van der Waals surface area contributed by atoms with Crippen LogP contribution in [0.5, 0.6) is 17.2 Å². The van der Waals surface area contributed by atoms with Gasteiger partial charge in [0.05, 0.1) is 33.6 Å². The van der Waals surface area contributed by atoms with Gasteiger partial charge in [0, 0.05) is 18.0 Å². The Hall–Kier alpha value is -3.73. The predicted octanol–water partition coefficient (Wildman–Crippen LogP) is 5.44. The van der Waals surface area contributed by atoms with Gasteiger partial charge in [-0.2, -0.15) is 0 Å². The van der Waals surface area contributed by atoms with E-state index in [2.05, 4.69) is 66.4 Å². The van der Waals surface area contributed by atoms with Crippen LogP contribution in [0.3, 0.4) is 0 Å². The summed E-state index contributed by atoms with van der Waals surface area (Å²) in [5.74, 6) is 3.16. The highest BCUT2D eigenvalue weighted by molar-refractivity contribution is 6.12. The van der Waals surface area contributed by atoms with Gasteiger partial charge in [0.25, 0.3) is 0 Å². The van der Waals surface area contributed by atoms with E-state index in [-0.39, 0.29) is 5.92 Å². The third kappa shape index (κ3) is 3.63. The van der Waals surface area contributed by atoms with E-state index in [1.165, 1.54) is 28.0 Å². The molecule has 0 saturated heterocycles. The average Bonchev–Trinajstić information content (AvgIpc) is 3.37. The van der Waals surface area contributed by atoms with Gasteiger partial charge in [-0.05, 0) is 46.5 Å². The SMILES string of the molecule is COc1cc(C(C)c2cccc(C3=Cc4ccccc4C4=NCCN34)c2)cc(OC)c1OC. The van der Waals surface area contributed by atoms with E-state index < -0.39 is 0 Å². The first-order chi connectivity index (χ1) is 16.1. The molecule has 2 aliphatic rings. The Morgan fingerprint density at radius 2 is 1.61 bits per heavy atom. The zero-order valence-electron chi connectivity index (χ0n) is 19.5. The van der Waals surface area contributed by atoms with Gasteiger partial charge in [0.2, 0.25) is 5.75 Å². The number of aliphatic imine (C=N–C) groups is 1. The van der Waals surface area contributed by atoms with Crippen LogP contribution >= 0.6 is 0 Å². The maximum absolute atomic E-state index is 5.57. The zero-order valence-corrected chi connectivity index (χ0v) is 19.5. The Morgan fingerprint density at radius 1 is 0.848 bits per heavy atom. The van der Waals surface area contributed by atoms with Crippen molar-refractivity contribution in [1.29, 1.82) is 0 Å². The summed E-state index contributed by atoms with van der Waals surface area (Å²) in [4.78, 5) is 7.14. The number of methoxy groups -OCH3 is 3. The fourth-order valence-corrected chi connectivity index (χ4v) is 4.71. The summed E-state index contributed by atoms with van der Waals surface area (Å²) >= 11 is 0. The van der Waals surface area contributed by atoms with E-state index in [0.717, 1.165) is 24.5 Å². The third-order valence-corrected chi connectivity index (χ3v) is 6.50. The lowest BCUT2D eigenvalue weighted by molar-refractivity contribution is 0.323. The minimum absolute atomic E-state index is 0.141. The van der Waals surface area contributed by atoms with E-state index in [0.29, 0.717) is 17.2 Å². The first kappa shape index (κ1) is 21.1. The van der Waals surface area contributed by atoms with Crippen molar-refractivity contribution in [3.05, 3.63) is 88.5 Å². The molecule has 0 fully saturated rings. The summed E-state index contributed by atoms with van der Waals surface area (Å²) in [6.07, 6.45) is 2.28. The number of rotatable bonds is 6. The molecule has 5 heteroatoms. The molecule has 1 unspecified atom stereocenters. The van der Waals surface area contributed by atoms with Crippen molar-refractivity contribution in [2.45, 2.75) is 12.8 Å². The van der Waals surface area contributed by atoms with Gasteiger partial charge < -0.3 is 19.1 Å². The van der Waals surface area contributed by atoms with Crippen molar-refractivity contribution in [1.82, 2.24) is 4.90 Å². The zero-order chi connectivity index (χ0) is 22.9. The Labute approximate surface area is 194 Å². The summed E-state index contributed by atoms with van der Waals surface area (Å²) in [7, 11) is 4.92. The van der Waals surface area contributed by atoms with Gasteiger partial charge in [-0.25, -0.2) is 0 Å². The first-order valence-corrected chi connectivity index (χ1v) is 11.2. The lowest BCUT2D eigenvalue weighted by atomic mass is 9.90. The van der Waals surface area contributed by atoms with E-state index in [9.17, 15) is 0 Å². The van der Waals surface area contributed by atoms with Crippen molar-refractivity contribution >= 4 is 17.6 Å². The number of hydrogen-bond acceptors (Lipinski definition) is 5. The van der Waals surface area contributed by atoms with Crippen molar-refractivity contribution in [2.24, 2.45) is 4.99 Å². The Balaban J connectivity index is 1.55. The van der Waals surface area contributed by atoms with Gasteiger partial charge in [-0.3, -0.25) is 4.99 Å². The summed E-state index contributed by atoms with van der Waals surface area (Å²) in [6.45, 7) is 3.93. The molecule has 0 radical (unpaired) electrons. The molecule has 3 aromatic rings. The quantitative estimate of drug-likeness (QED) is 0.512. The third-order valence-electron chi connectivity index (χ3n) is 6.50. The number of nitrogens with zero attached hydrogens (tertiary/aromatic N) is 2. The molecule has 0 N–H and O–H groups in total. The van der Waals surface area contributed by atoms with Crippen LogP contribution in [-0.4, -0.2) is 45.2 Å². The van der Waals surface area contributed by atoms with Crippen LogP contribution in [0.15, 0.2) is 65.7 Å². The second-order valence-electron chi connectivity index (χ2n) is 8.28. The van der Waals surface area contributed by atoms with E-state index in [4.69, 9.17) is 19.2 Å². The molecule has 0 saturated carbocycles. The number of ether oxygens (including phenoxy) is 3. The molecular formula is C28H28N2O3. The normalized spacial score (nSPS) is 15.2. The minimum atomic E-state index is 0.141. The number of fused-ring (bicyclic) bond motifs is 3. The second kappa shape index (κ2) is 8.66. The molecule has 168 valence electrons. The monoisotopic (exact) mass is 440 g/mol. The molecule has 0 spiro atoms. The molecule has 5 nitrogen and oxygen atoms in total. The molecule has 5 rings (SSSR count). The summed E-state index contributed by atoms with van der Waals surface area (Å²) in [5, 5.41) is 0. The van der Waals surface area contributed by atoms with Gasteiger partial charge in [-0.1, -0.05) is 49.4 Å². The van der Waals surface area contributed by atoms with Gasteiger partial charge in [-0.15, -0.1) is 0 Å². The van der Waals surface area contributed by atoms with E-state index >= 15 is 0 Å². The molecule has 0 bridgehead atoms.